The Hall–Kier alpha value is -0.915. The summed E-state index contributed by atoms with van der Waals surface area (Å²) in [6, 6.07) is 0. The quantitative estimate of drug-likeness (QED) is 0.452. The zero-order valence-electron chi connectivity index (χ0n) is 6.72. The Labute approximate surface area is 63.7 Å². The minimum Gasteiger partial charge on any atom is -0.402 e. The van der Waals surface area contributed by atoms with Crippen LogP contribution < -0.4 is 5.73 Å². The van der Waals surface area contributed by atoms with E-state index in [2.05, 4.69) is 6.58 Å². The zero-order chi connectivity index (χ0) is 7.98. The molecule has 10 heavy (non-hydrogen) atoms. The summed E-state index contributed by atoms with van der Waals surface area (Å²) in [5.41, 5.74) is 7.48. The van der Waals surface area contributed by atoms with Crippen LogP contribution in [-0.4, -0.2) is 7.85 Å². The third-order valence-corrected chi connectivity index (χ3v) is 1.10. The fourth-order valence-electron chi connectivity index (χ4n) is 0.454. The molecule has 0 aromatic carbocycles. The van der Waals surface area contributed by atoms with Gasteiger partial charge in [-0.15, -0.1) is 6.58 Å². The van der Waals surface area contributed by atoms with Crippen molar-refractivity contribution in [2.75, 3.05) is 0 Å². The van der Waals surface area contributed by atoms with Crippen LogP contribution in [0.2, 0.25) is 0 Å². The molecule has 2 N–H and O–H groups in total. The van der Waals surface area contributed by atoms with Crippen molar-refractivity contribution < 1.29 is 0 Å². The van der Waals surface area contributed by atoms with Gasteiger partial charge in [0.2, 0.25) is 0 Å². The van der Waals surface area contributed by atoms with Crippen molar-refractivity contribution in [2.45, 2.75) is 13.3 Å². The Morgan fingerprint density at radius 3 is 2.70 bits per heavy atom. The first-order valence-corrected chi connectivity index (χ1v) is 3.45. The number of hydrogen-bond donors (Lipinski definition) is 1. The van der Waals surface area contributed by atoms with Crippen LogP contribution in [0.15, 0.2) is 36.0 Å². The van der Waals surface area contributed by atoms with E-state index in [1.54, 1.807) is 0 Å². The molecule has 0 spiro atoms. The molecule has 2 heteroatoms. The van der Waals surface area contributed by atoms with Gasteiger partial charge in [0, 0.05) is 5.70 Å². The third-order valence-electron chi connectivity index (χ3n) is 1.10. The van der Waals surface area contributed by atoms with Crippen LogP contribution in [0, 0.1) is 0 Å². The predicted molar refractivity (Wildman–Crippen MR) is 49.4 cm³/mol. The second-order valence-electron chi connectivity index (χ2n) is 2.30. The van der Waals surface area contributed by atoms with E-state index >= 15 is 0 Å². The number of allylic oxidation sites excluding steroid dienone is 5. The lowest BCUT2D eigenvalue weighted by molar-refractivity contribution is 1.07. The van der Waals surface area contributed by atoms with Gasteiger partial charge in [-0.25, -0.2) is 0 Å². The van der Waals surface area contributed by atoms with Gasteiger partial charge < -0.3 is 5.73 Å². The molecule has 0 atom stereocenters. The molecule has 0 heterocycles. The van der Waals surface area contributed by atoms with E-state index in [-0.39, 0.29) is 0 Å². The second-order valence-corrected chi connectivity index (χ2v) is 2.30. The summed E-state index contributed by atoms with van der Waals surface area (Å²) in [5.74, 6) is 0. The average molecular weight is 135 g/mol. The molecule has 0 amide bonds. The summed E-state index contributed by atoms with van der Waals surface area (Å²) in [6.45, 7) is 5.75. The molecular formula is C8H14BN. The SMILES string of the molecule is BC(=C)/C=C\C=C(/N)CC. The normalized spacial score (nSPS) is 12.3. The minimum atomic E-state index is 0.900. The highest BCUT2D eigenvalue weighted by Crippen LogP contribution is 1.92. The van der Waals surface area contributed by atoms with Crippen LogP contribution in [0.4, 0.5) is 0 Å². The van der Waals surface area contributed by atoms with Gasteiger partial charge in [-0.2, -0.15) is 0 Å². The number of nitrogens with two attached hydrogens (primary N) is 1. The van der Waals surface area contributed by atoms with Gasteiger partial charge in [-0.05, 0) is 12.5 Å². The predicted octanol–water partition coefficient (Wildman–Crippen LogP) is 0.942. The smallest absolute Gasteiger partial charge is 0.138 e. The molecule has 0 bridgehead atoms. The summed E-state index contributed by atoms with van der Waals surface area (Å²) in [4.78, 5) is 0. The minimum absolute atomic E-state index is 0.900. The molecule has 0 radical (unpaired) electrons. The maximum absolute atomic E-state index is 5.54. The monoisotopic (exact) mass is 135 g/mol. The van der Waals surface area contributed by atoms with Crippen molar-refractivity contribution in [2.24, 2.45) is 5.73 Å². The highest BCUT2D eigenvalue weighted by atomic mass is 14.6. The fourth-order valence-corrected chi connectivity index (χ4v) is 0.454. The standard InChI is InChI=1S/C8H14BN/c1-3-8(10)6-4-5-7(2)9/h4-6H,2-3,9-10H2,1H3/b5-4-,8-6-. The molecule has 0 aliphatic carbocycles. The average Bonchev–Trinajstić information content (AvgIpc) is 1.87. The molecule has 0 rings (SSSR count). The van der Waals surface area contributed by atoms with Gasteiger partial charge in [0.1, 0.15) is 7.85 Å². The Morgan fingerprint density at radius 1 is 1.70 bits per heavy atom. The zero-order valence-corrected chi connectivity index (χ0v) is 6.72. The van der Waals surface area contributed by atoms with Gasteiger partial charge in [-0.3, -0.25) is 0 Å². The second kappa shape index (κ2) is 4.92. The van der Waals surface area contributed by atoms with E-state index in [1.807, 2.05) is 33.0 Å². The van der Waals surface area contributed by atoms with E-state index in [9.17, 15) is 0 Å². The van der Waals surface area contributed by atoms with E-state index in [0.29, 0.717) is 0 Å². The lowest BCUT2D eigenvalue weighted by atomic mass is 9.98. The Morgan fingerprint density at radius 2 is 2.30 bits per heavy atom. The molecule has 54 valence electrons. The third kappa shape index (κ3) is 5.23. The summed E-state index contributed by atoms with van der Waals surface area (Å²) < 4.78 is 0. The summed E-state index contributed by atoms with van der Waals surface area (Å²) in [5, 5.41) is 0. The Kier molecular flexibility index (Phi) is 4.47. The molecule has 1 nitrogen and oxygen atoms in total. The molecule has 0 aromatic rings. The highest BCUT2D eigenvalue weighted by molar-refractivity contribution is 6.23. The van der Waals surface area contributed by atoms with E-state index in [4.69, 9.17) is 5.73 Å². The summed E-state index contributed by atoms with van der Waals surface area (Å²) in [7, 11) is 1.95. The van der Waals surface area contributed by atoms with Crippen LogP contribution in [0.3, 0.4) is 0 Å². The topological polar surface area (TPSA) is 26.0 Å². The Balaban J connectivity index is 3.82. The maximum Gasteiger partial charge on any atom is 0.138 e. The molecule has 0 aliphatic rings. The number of hydrogen-bond acceptors (Lipinski definition) is 1. The van der Waals surface area contributed by atoms with Crippen molar-refractivity contribution in [1.29, 1.82) is 0 Å². The summed E-state index contributed by atoms with van der Waals surface area (Å²) >= 11 is 0. The molecular weight excluding hydrogens is 121 g/mol. The molecule has 0 saturated carbocycles. The Bertz CT molecular complexity index is 168. The van der Waals surface area contributed by atoms with E-state index < -0.39 is 0 Å². The van der Waals surface area contributed by atoms with Gasteiger partial charge in [-0.1, -0.05) is 24.5 Å². The maximum atomic E-state index is 5.54. The first-order valence-electron chi connectivity index (χ1n) is 3.45. The van der Waals surface area contributed by atoms with E-state index in [1.165, 1.54) is 0 Å². The highest BCUT2D eigenvalue weighted by Gasteiger charge is 1.78. The van der Waals surface area contributed by atoms with Crippen molar-refractivity contribution in [3.05, 3.63) is 36.0 Å². The van der Waals surface area contributed by atoms with Crippen LogP contribution in [0.5, 0.6) is 0 Å². The molecule has 0 aromatic heterocycles. The lowest BCUT2D eigenvalue weighted by Crippen LogP contribution is -1.92. The first-order chi connectivity index (χ1) is 4.66. The van der Waals surface area contributed by atoms with Gasteiger partial charge >= 0.3 is 0 Å². The van der Waals surface area contributed by atoms with Gasteiger partial charge in [0.05, 0.1) is 0 Å². The largest absolute Gasteiger partial charge is 0.402 e. The van der Waals surface area contributed by atoms with Gasteiger partial charge in [0.25, 0.3) is 0 Å². The first kappa shape index (κ1) is 9.08. The molecule has 0 aliphatic heterocycles. The van der Waals surface area contributed by atoms with Crippen molar-refractivity contribution >= 4 is 7.85 Å². The molecule has 0 unspecified atom stereocenters. The molecule has 0 saturated heterocycles. The lowest BCUT2D eigenvalue weighted by Gasteiger charge is -1.89. The van der Waals surface area contributed by atoms with Crippen LogP contribution in [0.1, 0.15) is 13.3 Å². The van der Waals surface area contributed by atoms with Crippen molar-refractivity contribution in [1.82, 2.24) is 0 Å². The summed E-state index contributed by atoms with van der Waals surface area (Å²) in [6.07, 6.45) is 6.65. The van der Waals surface area contributed by atoms with Gasteiger partial charge in [0.15, 0.2) is 0 Å². The van der Waals surface area contributed by atoms with Crippen molar-refractivity contribution in [3.63, 3.8) is 0 Å². The molecule has 0 fully saturated rings. The van der Waals surface area contributed by atoms with Crippen LogP contribution in [-0.2, 0) is 0 Å². The van der Waals surface area contributed by atoms with Crippen LogP contribution in [0.25, 0.3) is 0 Å². The van der Waals surface area contributed by atoms with Crippen LogP contribution >= 0.6 is 0 Å². The van der Waals surface area contributed by atoms with E-state index in [0.717, 1.165) is 17.6 Å². The fraction of sp³-hybridized carbons (Fsp3) is 0.250. The number of rotatable bonds is 3. The van der Waals surface area contributed by atoms with Crippen molar-refractivity contribution in [3.8, 4) is 0 Å².